The number of anilines is 1. The number of carbonyl (C=O) groups is 3. The van der Waals surface area contributed by atoms with Gasteiger partial charge < -0.3 is 21.5 Å². The molecule has 0 spiro atoms. The quantitative estimate of drug-likeness (QED) is 0.542. The number of carbonyl (C=O) groups excluding carboxylic acids is 2. The molecule has 0 heterocycles. The summed E-state index contributed by atoms with van der Waals surface area (Å²) in [6, 6.07) is 5.51. The molecule has 0 fully saturated rings. The first-order valence-corrected chi connectivity index (χ1v) is 8.48. The van der Waals surface area contributed by atoms with Crippen molar-refractivity contribution in [2.75, 3.05) is 17.3 Å². The Labute approximate surface area is 139 Å². The molecule has 0 aliphatic carbocycles. The molecule has 0 saturated heterocycles. The number of nitrogens with one attached hydrogen (secondary N) is 2. The first-order chi connectivity index (χ1) is 10.9. The number of nitrogens with two attached hydrogens (primary N) is 1. The second kappa shape index (κ2) is 9.73. The van der Waals surface area contributed by atoms with Crippen molar-refractivity contribution < 1.29 is 19.5 Å². The van der Waals surface area contributed by atoms with Gasteiger partial charge in [0.1, 0.15) is 6.04 Å². The highest BCUT2D eigenvalue weighted by atomic mass is 32.2. The Balaban J connectivity index is 2.71. The second-order valence-corrected chi connectivity index (χ2v) is 5.91. The molecular formula is C15H21N3O4S. The molecule has 7 nitrogen and oxygen atoms in total. The summed E-state index contributed by atoms with van der Waals surface area (Å²) < 4.78 is 0. The maximum Gasteiger partial charge on any atom is 0.312 e. The minimum absolute atomic E-state index is 0.0248. The van der Waals surface area contributed by atoms with Gasteiger partial charge >= 0.3 is 12.0 Å². The van der Waals surface area contributed by atoms with Crippen molar-refractivity contribution in [3.63, 3.8) is 0 Å². The summed E-state index contributed by atoms with van der Waals surface area (Å²) in [5.74, 6) is -0.521. The van der Waals surface area contributed by atoms with E-state index < -0.39 is 18.0 Å². The maximum atomic E-state index is 12.2. The topological polar surface area (TPSA) is 122 Å². The highest BCUT2D eigenvalue weighted by Gasteiger charge is 2.19. The Hall–Kier alpha value is -2.22. The Morgan fingerprint density at radius 2 is 2.09 bits per heavy atom. The summed E-state index contributed by atoms with van der Waals surface area (Å²) in [4.78, 5) is 33.9. The van der Waals surface area contributed by atoms with Crippen LogP contribution in [0.3, 0.4) is 0 Å². The van der Waals surface area contributed by atoms with Gasteiger partial charge in [-0.05, 0) is 42.5 Å². The monoisotopic (exact) mass is 339 g/mol. The molecule has 1 unspecified atom stereocenters. The molecule has 3 amide bonds. The van der Waals surface area contributed by atoms with Crippen LogP contribution >= 0.6 is 11.8 Å². The standard InChI is InChI=1S/C15H21N3O4S/c1-23-8-7-12(18-15(16)22)14(21)17-11-4-2-3-10(9-11)5-6-13(19)20/h2-4,9,12H,5-8H2,1H3,(H,17,21)(H,19,20)(H3,16,18,22). The Morgan fingerprint density at radius 1 is 1.35 bits per heavy atom. The molecular weight excluding hydrogens is 318 g/mol. The van der Waals surface area contributed by atoms with Gasteiger partial charge in [0.25, 0.3) is 0 Å². The average Bonchev–Trinajstić information content (AvgIpc) is 2.49. The molecule has 5 N–H and O–H groups in total. The van der Waals surface area contributed by atoms with E-state index in [2.05, 4.69) is 10.6 Å². The van der Waals surface area contributed by atoms with E-state index in [0.29, 0.717) is 24.3 Å². The van der Waals surface area contributed by atoms with E-state index in [4.69, 9.17) is 10.8 Å². The smallest absolute Gasteiger partial charge is 0.312 e. The predicted octanol–water partition coefficient (Wildman–Crippen LogP) is 1.43. The van der Waals surface area contributed by atoms with Crippen molar-refractivity contribution in [1.29, 1.82) is 0 Å². The fraction of sp³-hybridized carbons (Fsp3) is 0.400. The Bertz CT molecular complexity index is 565. The van der Waals surface area contributed by atoms with Crippen molar-refractivity contribution in [3.8, 4) is 0 Å². The van der Waals surface area contributed by atoms with Crippen LogP contribution in [0.1, 0.15) is 18.4 Å². The minimum Gasteiger partial charge on any atom is -0.481 e. The first-order valence-electron chi connectivity index (χ1n) is 7.09. The molecule has 1 rings (SSSR count). The summed E-state index contributed by atoms with van der Waals surface area (Å²) in [7, 11) is 0. The number of aryl methyl sites for hydroxylation is 1. The highest BCUT2D eigenvalue weighted by molar-refractivity contribution is 7.98. The van der Waals surface area contributed by atoms with E-state index in [1.165, 1.54) is 0 Å². The maximum absolute atomic E-state index is 12.2. The number of hydrogen-bond acceptors (Lipinski definition) is 4. The third kappa shape index (κ3) is 7.55. The van der Waals surface area contributed by atoms with Gasteiger partial charge in [-0.15, -0.1) is 0 Å². The van der Waals surface area contributed by atoms with E-state index in [1.807, 2.05) is 6.26 Å². The van der Waals surface area contributed by atoms with Crippen molar-refractivity contribution >= 4 is 35.4 Å². The molecule has 0 aromatic heterocycles. The zero-order valence-corrected chi connectivity index (χ0v) is 13.7. The molecule has 0 aliphatic heterocycles. The molecule has 23 heavy (non-hydrogen) atoms. The predicted molar refractivity (Wildman–Crippen MR) is 90.5 cm³/mol. The van der Waals surface area contributed by atoms with Gasteiger partial charge in [0.2, 0.25) is 5.91 Å². The number of hydrogen-bond donors (Lipinski definition) is 4. The average molecular weight is 339 g/mol. The van der Waals surface area contributed by atoms with Gasteiger partial charge in [-0.25, -0.2) is 4.79 Å². The van der Waals surface area contributed by atoms with Crippen LogP contribution in [-0.2, 0) is 16.0 Å². The van der Waals surface area contributed by atoms with Gasteiger partial charge in [0, 0.05) is 12.1 Å². The SMILES string of the molecule is CSCCC(NC(N)=O)C(=O)Nc1cccc(CCC(=O)O)c1. The van der Waals surface area contributed by atoms with Crippen molar-refractivity contribution in [3.05, 3.63) is 29.8 Å². The van der Waals surface area contributed by atoms with E-state index in [-0.39, 0.29) is 12.3 Å². The third-order valence-corrected chi connectivity index (χ3v) is 3.71. The number of rotatable bonds is 9. The lowest BCUT2D eigenvalue weighted by atomic mass is 10.1. The zero-order chi connectivity index (χ0) is 17.2. The number of primary amides is 1. The number of benzene rings is 1. The van der Waals surface area contributed by atoms with Crippen molar-refractivity contribution in [2.24, 2.45) is 5.73 Å². The molecule has 0 bridgehead atoms. The van der Waals surface area contributed by atoms with Crippen LogP contribution in [-0.4, -0.2) is 41.1 Å². The number of amides is 3. The lowest BCUT2D eigenvalue weighted by Gasteiger charge is -2.17. The van der Waals surface area contributed by atoms with Gasteiger partial charge in [-0.3, -0.25) is 9.59 Å². The lowest BCUT2D eigenvalue weighted by Crippen LogP contribution is -2.46. The van der Waals surface area contributed by atoms with Crippen LogP contribution in [0, 0.1) is 0 Å². The van der Waals surface area contributed by atoms with Crippen LogP contribution < -0.4 is 16.4 Å². The normalized spacial score (nSPS) is 11.5. The number of urea groups is 1. The molecule has 126 valence electrons. The van der Waals surface area contributed by atoms with E-state index in [9.17, 15) is 14.4 Å². The van der Waals surface area contributed by atoms with Gasteiger partial charge in [-0.2, -0.15) is 11.8 Å². The number of aliphatic carboxylic acids is 1. The van der Waals surface area contributed by atoms with E-state index >= 15 is 0 Å². The van der Waals surface area contributed by atoms with Gasteiger partial charge in [0.15, 0.2) is 0 Å². The van der Waals surface area contributed by atoms with Gasteiger partial charge in [-0.1, -0.05) is 12.1 Å². The summed E-state index contributed by atoms with van der Waals surface area (Å²) in [5.41, 5.74) is 6.46. The number of carboxylic acid groups (broad SMARTS) is 1. The summed E-state index contributed by atoms with van der Waals surface area (Å²) >= 11 is 1.56. The van der Waals surface area contributed by atoms with E-state index in [0.717, 1.165) is 5.56 Å². The molecule has 1 aromatic rings. The number of thioether (sulfide) groups is 1. The zero-order valence-electron chi connectivity index (χ0n) is 12.9. The largest absolute Gasteiger partial charge is 0.481 e. The minimum atomic E-state index is -0.873. The van der Waals surface area contributed by atoms with Crippen LogP contribution in [0.25, 0.3) is 0 Å². The molecule has 1 aromatic carbocycles. The van der Waals surface area contributed by atoms with Crippen LogP contribution in [0.4, 0.5) is 10.5 Å². The molecule has 0 aliphatic rings. The Kier molecular flexibility index (Phi) is 7.96. The summed E-state index contributed by atoms with van der Waals surface area (Å²) in [6.45, 7) is 0. The second-order valence-electron chi connectivity index (χ2n) is 4.93. The highest BCUT2D eigenvalue weighted by Crippen LogP contribution is 2.13. The van der Waals surface area contributed by atoms with Gasteiger partial charge in [0.05, 0.1) is 0 Å². The molecule has 8 heteroatoms. The van der Waals surface area contributed by atoms with Crippen molar-refractivity contribution in [1.82, 2.24) is 5.32 Å². The molecule has 0 radical (unpaired) electrons. The van der Waals surface area contributed by atoms with Crippen LogP contribution in [0.15, 0.2) is 24.3 Å². The third-order valence-electron chi connectivity index (χ3n) is 3.07. The summed E-state index contributed by atoms with van der Waals surface area (Å²) in [6.07, 6.45) is 2.78. The summed E-state index contributed by atoms with van der Waals surface area (Å²) in [5, 5.41) is 13.8. The first kappa shape index (κ1) is 18.8. The Morgan fingerprint density at radius 3 is 2.70 bits per heavy atom. The van der Waals surface area contributed by atoms with Crippen LogP contribution in [0.2, 0.25) is 0 Å². The number of carboxylic acids is 1. The van der Waals surface area contributed by atoms with Crippen LogP contribution in [0.5, 0.6) is 0 Å². The molecule has 1 atom stereocenters. The van der Waals surface area contributed by atoms with Crippen molar-refractivity contribution in [2.45, 2.75) is 25.3 Å². The fourth-order valence-corrected chi connectivity index (χ4v) is 2.43. The lowest BCUT2D eigenvalue weighted by molar-refractivity contribution is -0.137. The molecule has 0 saturated carbocycles. The van der Waals surface area contributed by atoms with E-state index in [1.54, 1.807) is 36.0 Å². The fourth-order valence-electron chi connectivity index (χ4n) is 1.96.